The van der Waals surface area contributed by atoms with Crippen molar-refractivity contribution in [3.8, 4) is 0 Å². The summed E-state index contributed by atoms with van der Waals surface area (Å²) in [7, 11) is 0. The van der Waals surface area contributed by atoms with Gasteiger partial charge in [0.25, 0.3) is 0 Å². The fourth-order valence-corrected chi connectivity index (χ4v) is 4.06. The van der Waals surface area contributed by atoms with E-state index in [2.05, 4.69) is 26.6 Å². The number of nitrogens with two attached hydrogens (primary N) is 1. The van der Waals surface area contributed by atoms with Gasteiger partial charge in [0.15, 0.2) is 0 Å². The molecule has 1 aromatic rings. The fraction of sp³-hybridized carbons (Fsp3) is 0.632. The molecule has 0 radical (unpaired) electrons. The minimum atomic E-state index is -1.24. The van der Waals surface area contributed by atoms with Gasteiger partial charge in [0.05, 0.1) is 25.7 Å². The number of ether oxygens (including phenoxy) is 2. The Morgan fingerprint density at radius 3 is 1.85 bits per heavy atom. The molecule has 0 saturated heterocycles. The van der Waals surface area contributed by atoms with Crippen LogP contribution in [0.5, 0.6) is 0 Å². The van der Waals surface area contributed by atoms with Crippen molar-refractivity contribution in [1.82, 2.24) is 21.3 Å². The Morgan fingerprint density at radius 2 is 1.36 bits per heavy atom. The Kier molecular flexibility index (Phi) is 28.7. The van der Waals surface area contributed by atoms with E-state index >= 15 is 0 Å². The number of aliphatic carboxylic acids is 1. The summed E-state index contributed by atoms with van der Waals surface area (Å²) in [5, 5.41) is 21.7. The van der Waals surface area contributed by atoms with Crippen LogP contribution in [0.25, 0.3) is 0 Å². The maximum atomic E-state index is 13.1. The van der Waals surface area contributed by atoms with Gasteiger partial charge in [-0.2, -0.15) is 0 Å². The third-order valence-electron chi connectivity index (χ3n) is 7.22. The van der Waals surface area contributed by atoms with E-state index in [1.54, 1.807) is 65.8 Å². The molecular formula is C38H64N6O11. The number of ketones is 1. The van der Waals surface area contributed by atoms with Gasteiger partial charge in [-0.25, -0.2) is 4.79 Å². The smallest absolute Gasteiger partial charge is 0.312 e. The molecule has 17 heteroatoms. The van der Waals surface area contributed by atoms with Crippen LogP contribution in [0.15, 0.2) is 24.3 Å². The first-order valence-electron chi connectivity index (χ1n) is 18.7. The monoisotopic (exact) mass is 780 g/mol. The molecule has 0 fully saturated rings. The minimum Gasteiger partial charge on any atom is -0.481 e. The number of esters is 1. The number of nitrogens with one attached hydrogen (secondary N) is 5. The second kappa shape index (κ2) is 30.3. The first-order valence-corrected chi connectivity index (χ1v) is 18.7. The van der Waals surface area contributed by atoms with Crippen molar-refractivity contribution in [2.45, 2.75) is 113 Å². The van der Waals surface area contributed by atoms with Crippen molar-refractivity contribution in [3.63, 3.8) is 0 Å². The molecule has 0 spiro atoms. The number of primary amides is 1. The predicted octanol–water partition coefficient (Wildman–Crippen LogP) is 3.04. The number of anilines is 1. The molecule has 2 atom stereocenters. The number of carboxylic acid groups (broad SMARTS) is 1. The van der Waals surface area contributed by atoms with E-state index in [0.29, 0.717) is 12.2 Å². The van der Waals surface area contributed by atoms with Gasteiger partial charge in [0, 0.05) is 37.4 Å². The van der Waals surface area contributed by atoms with Gasteiger partial charge < -0.3 is 46.9 Å². The molecule has 0 aliphatic rings. The third-order valence-corrected chi connectivity index (χ3v) is 7.22. The number of urea groups is 1. The van der Waals surface area contributed by atoms with Gasteiger partial charge >= 0.3 is 18.0 Å². The number of rotatable bonds is 23. The predicted molar refractivity (Wildman–Crippen MR) is 207 cm³/mol. The Hall–Kier alpha value is -5.06. The molecule has 0 saturated carbocycles. The fourth-order valence-electron chi connectivity index (χ4n) is 4.06. The van der Waals surface area contributed by atoms with E-state index in [0.717, 1.165) is 12.0 Å². The summed E-state index contributed by atoms with van der Waals surface area (Å²) >= 11 is 0. The SMILES string of the molecule is CC.CC(C)C(=O)CCOCCC(=O)NC(CCC(=O)O)C(=O)NC(C(=O)NCC(=O)Nc1ccc(COC(=O)C(C)C)cc1)C(C)C.CCCNC(N)=O. The normalized spacial score (nSPS) is 11.4. The number of hydrogen-bond acceptors (Lipinski definition) is 10. The van der Waals surface area contributed by atoms with E-state index in [9.17, 15) is 38.4 Å². The highest BCUT2D eigenvalue weighted by Gasteiger charge is 2.29. The average Bonchev–Trinajstić information content (AvgIpc) is 3.13. The summed E-state index contributed by atoms with van der Waals surface area (Å²) in [6.45, 7) is 16.9. The van der Waals surface area contributed by atoms with Gasteiger partial charge in [0.2, 0.25) is 23.6 Å². The Labute approximate surface area is 325 Å². The molecule has 2 unspecified atom stereocenters. The van der Waals surface area contributed by atoms with Crippen molar-refractivity contribution in [2.24, 2.45) is 23.5 Å². The maximum Gasteiger partial charge on any atom is 0.312 e. The largest absolute Gasteiger partial charge is 0.481 e. The molecular weight excluding hydrogens is 716 g/mol. The highest BCUT2D eigenvalue weighted by molar-refractivity contribution is 5.97. The van der Waals surface area contributed by atoms with Crippen molar-refractivity contribution >= 4 is 53.1 Å². The van der Waals surface area contributed by atoms with Crippen LogP contribution in [0.4, 0.5) is 10.5 Å². The molecule has 8 N–H and O–H groups in total. The van der Waals surface area contributed by atoms with Crippen LogP contribution < -0.4 is 32.3 Å². The summed E-state index contributed by atoms with van der Waals surface area (Å²) in [5.41, 5.74) is 5.92. The number of benzene rings is 1. The molecule has 0 aliphatic heterocycles. The van der Waals surface area contributed by atoms with Crippen molar-refractivity contribution in [3.05, 3.63) is 29.8 Å². The number of hydrogen-bond donors (Lipinski definition) is 7. The molecule has 0 aromatic heterocycles. The second-order valence-electron chi connectivity index (χ2n) is 13.0. The van der Waals surface area contributed by atoms with E-state index in [4.69, 9.17) is 20.3 Å². The van der Waals surface area contributed by atoms with Crippen molar-refractivity contribution in [1.29, 1.82) is 0 Å². The number of carbonyl (C=O) groups is 8. The highest BCUT2D eigenvalue weighted by Crippen LogP contribution is 2.12. The first kappa shape index (κ1) is 52.0. The van der Waals surface area contributed by atoms with Crippen LogP contribution in [-0.4, -0.2) is 90.9 Å². The quantitative estimate of drug-likeness (QED) is 0.0627. The summed E-state index contributed by atoms with van der Waals surface area (Å²) in [4.78, 5) is 95.3. The molecule has 0 heterocycles. The van der Waals surface area contributed by atoms with Gasteiger partial charge in [-0.15, -0.1) is 0 Å². The van der Waals surface area contributed by atoms with E-state index < -0.39 is 66.6 Å². The third kappa shape index (κ3) is 26.4. The molecule has 1 aromatic carbocycles. The summed E-state index contributed by atoms with van der Waals surface area (Å²) < 4.78 is 10.5. The van der Waals surface area contributed by atoms with Gasteiger partial charge in [-0.05, 0) is 36.5 Å². The molecule has 55 heavy (non-hydrogen) atoms. The Balaban J connectivity index is 0. The lowest BCUT2D eigenvalue weighted by Gasteiger charge is -2.25. The van der Waals surface area contributed by atoms with E-state index in [1.807, 2.05) is 20.8 Å². The van der Waals surface area contributed by atoms with E-state index in [-0.39, 0.29) is 62.7 Å². The van der Waals surface area contributed by atoms with Crippen LogP contribution in [-0.2, 0) is 49.6 Å². The first-order chi connectivity index (χ1) is 25.9. The summed E-state index contributed by atoms with van der Waals surface area (Å²) in [6, 6.07) is 3.87. The molecule has 0 bridgehead atoms. The number of Topliss-reactive ketones (excluding diaryl/α,β-unsaturated/α-hetero) is 1. The number of amides is 6. The zero-order valence-electron chi connectivity index (χ0n) is 33.9. The minimum absolute atomic E-state index is 0.00142. The zero-order valence-corrected chi connectivity index (χ0v) is 33.9. The van der Waals surface area contributed by atoms with Crippen LogP contribution in [0.2, 0.25) is 0 Å². The van der Waals surface area contributed by atoms with Crippen LogP contribution >= 0.6 is 0 Å². The topological polar surface area (TPSA) is 261 Å². The summed E-state index contributed by atoms with van der Waals surface area (Å²) in [5.74, 6) is -4.72. The number of carboxylic acids is 1. The standard InChI is InChI=1S/C32H48N4O10.C4H10N2O.C2H6/c1-19(2)25(37)13-15-45-16-14-26(38)35-24(11-12-28(40)41)30(42)36-29(20(3)4)31(43)33-17-27(39)34-23-9-7-22(8-10-23)18-46-32(44)21(5)6;1-2-3-6-4(5)7;1-2/h7-10,19-21,24,29H,11-18H2,1-6H3,(H,33,43)(H,34,39)(H,35,38)(H,36,42)(H,40,41);2-3H2,1H3,(H3,5,6,7);1-2H3. The van der Waals surface area contributed by atoms with Crippen LogP contribution in [0.3, 0.4) is 0 Å². The second-order valence-corrected chi connectivity index (χ2v) is 13.0. The summed E-state index contributed by atoms with van der Waals surface area (Å²) in [6.07, 6.45) is 0.404. The lowest BCUT2D eigenvalue weighted by molar-refractivity contribution is -0.148. The van der Waals surface area contributed by atoms with Crippen molar-refractivity contribution < 1.29 is 52.9 Å². The molecule has 1 rings (SSSR count). The molecule has 6 amide bonds. The van der Waals surface area contributed by atoms with Crippen LogP contribution in [0.1, 0.15) is 100.0 Å². The van der Waals surface area contributed by atoms with Gasteiger partial charge in [-0.3, -0.25) is 33.6 Å². The maximum absolute atomic E-state index is 13.1. The Morgan fingerprint density at radius 1 is 0.764 bits per heavy atom. The lowest BCUT2D eigenvalue weighted by atomic mass is 10.0. The van der Waals surface area contributed by atoms with E-state index in [1.165, 1.54) is 0 Å². The zero-order chi connectivity index (χ0) is 42.5. The average molecular weight is 781 g/mol. The van der Waals surface area contributed by atoms with Crippen LogP contribution in [0, 0.1) is 17.8 Å². The van der Waals surface area contributed by atoms with Gasteiger partial charge in [0.1, 0.15) is 24.5 Å². The van der Waals surface area contributed by atoms with Crippen molar-refractivity contribution in [2.75, 3.05) is 31.6 Å². The Bertz CT molecular complexity index is 1350. The highest BCUT2D eigenvalue weighted by atomic mass is 16.5. The molecule has 312 valence electrons. The van der Waals surface area contributed by atoms with Gasteiger partial charge in [-0.1, -0.05) is 74.4 Å². The number of carbonyl (C=O) groups excluding carboxylic acids is 7. The molecule has 17 nitrogen and oxygen atoms in total. The molecule has 0 aliphatic carbocycles. The lowest BCUT2D eigenvalue weighted by Crippen LogP contribution is -2.56.